The van der Waals surface area contributed by atoms with Crippen molar-refractivity contribution < 1.29 is 9.90 Å². The monoisotopic (exact) mass is 238 g/mol. The number of carboxylic acid groups (broad SMARTS) is 1. The molecule has 0 amide bonds. The molecule has 2 rings (SSSR count). The van der Waals surface area contributed by atoms with E-state index in [0.29, 0.717) is 5.82 Å². The van der Waals surface area contributed by atoms with E-state index in [4.69, 9.17) is 5.11 Å². The van der Waals surface area contributed by atoms with Crippen molar-refractivity contribution >= 4 is 17.3 Å². The van der Waals surface area contributed by atoms with Gasteiger partial charge in [-0.3, -0.25) is 0 Å². The van der Waals surface area contributed by atoms with Gasteiger partial charge in [-0.05, 0) is 35.7 Å². The van der Waals surface area contributed by atoms with E-state index in [2.05, 4.69) is 15.5 Å². The maximum Gasteiger partial charge on any atom is 0.331 e. The van der Waals surface area contributed by atoms with Crippen molar-refractivity contribution in [3.8, 4) is 11.4 Å². The van der Waals surface area contributed by atoms with Gasteiger partial charge in [-0.2, -0.15) is 11.3 Å². The Labute approximate surface area is 95.5 Å². The molecule has 2 aromatic heterocycles. The summed E-state index contributed by atoms with van der Waals surface area (Å²) in [6.07, 6.45) is 0. The average Bonchev–Trinajstić information content (AvgIpc) is 2.88. The van der Waals surface area contributed by atoms with Crippen molar-refractivity contribution in [1.29, 1.82) is 0 Å². The molecule has 0 fully saturated rings. The van der Waals surface area contributed by atoms with Gasteiger partial charge in [0.15, 0.2) is 11.4 Å². The van der Waals surface area contributed by atoms with E-state index < -0.39 is 11.5 Å². The van der Waals surface area contributed by atoms with Crippen LogP contribution in [-0.4, -0.2) is 31.3 Å². The topological polar surface area (TPSA) is 80.9 Å². The average molecular weight is 238 g/mol. The Balaban J connectivity index is 2.52. The highest BCUT2D eigenvalue weighted by Crippen LogP contribution is 2.24. The molecule has 0 unspecified atom stereocenters. The lowest BCUT2D eigenvalue weighted by molar-refractivity contribution is -0.146. The first kappa shape index (κ1) is 10.7. The number of thiophene rings is 1. The van der Waals surface area contributed by atoms with Crippen molar-refractivity contribution in [1.82, 2.24) is 20.2 Å². The van der Waals surface area contributed by atoms with E-state index in [9.17, 15) is 4.79 Å². The number of hydrogen-bond donors (Lipinski definition) is 1. The van der Waals surface area contributed by atoms with E-state index in [0.717, 1.165) is 5.56 Å². The molecule has 2 aromatic rings. The fraction of sp³-hybridized carbons (Fsp3) is 0.333. The van der Waals surface area contributed by atoms with E-state index in [1.807, 2.05) is 16.8 Å². The lowest BCUT2D eigenvalue weighted by atomic mass is 10.1. The summed E-state index contributed by atoms with van der Waals surface area (Å²) in [5.41, 5.74) is -0.342. The predicted octanol–water partition coefficient (Wildman–Crippen LogP) is 1.22. The second-order valence-corrected chi connectivity index (χ2v) is 4.57. The van der Waals surface area contributed by atoms with Crippen LogP contribution < -0.4 is 0 Å². The number of tetrazole rings is 1. The molecule has 0 spiro atoms. The third-order valence-electron chi connectivity index (χ3n) is 2.30. The second-order valence-electron chi connectivity index (χ2n) is 3.79. The van der Waals surface area contributed by atoms with Gasteiger partial charge in [-0.1, -0.05) is 0 Å². The van der Waals surface area contributed by atoms with Crippen LogP contribution in [0.2, 0.25) is 0 Å². The van der Waals surface area contributed by atoms with E-state index in [1.54, 1.807) is 13.8 Å². The maximum atomic E-state index is 11.1. The standard InChI is InChI=1S/C9H10N4O2S/c1-9(2,8(14)15)13-7(10-11-12-13)6-3-4-16-5-6/h3-5H,1-2H3,(H,14,15). The fourth-order valence-electron chi connectivity index (χ4n) is 1.23. The van der Waals surface area contributed by atoms with Crippen LogP contribution in [0.5, 0.6) is 0 Å². The van der Waals surface area contributed by atoms with Gasteiger partial charge in [0.2, 0.25) is 0 Å². The molecule has 0 bridgehead atoms. The van der Waals surface area contributed by atoms with Crippen LogP contribution in [-0.2, 0) is 10.3 Å². The largest absolute Gasteiger partial charge is 0.479 e. The van der Waals surface area contributed by atoms with Crippen LogP contribution in [0, 0.1) is 0 Å². The molecule has 84 valence electrons. The molecular formula is C9H10N4O2S. The Morgan fingerprint density at radius 1 is 1.56 bits per heavy atom. The smallest absolute Gasteiger partial charge is 0.331 e. The molecule has 0 atom stereocenters. The number of aromatic nitrogens is 4. The summed E-state index contributed by atoms with van der Waals surface area (Å²) in [5.74, 6) is -0.509. The normalized spacial score (nSPS) is 11.6. The lowest BCUT2D eigenvalue weighted by Crippen LogP contribution is -2.37. The van der Waals surface area contributed by atoms with Crippen LogP contribution in [0.25, 0.3) is 11.4 Å². The first-order chi connectivity index (χ1) is 7.53. The van der Waals surface area contributed by atoms with Gasteiger partial charge in [-0.15, -0.1) is 5.10 Å². The van der Waals surface area contributed by atoms with E-state index in [-0.39, 0.29) is 0 Å². The highest BCUT2D eigenvalue weighted by Gasteiger charge is 2.33. The summed E-state index contributed by atoms with van der Waals surface area (Å²) in [5, 5.41) is 24.0. The van der Waals surface area contributed by atoms with Gasteiger partial charge in [0.25, 0.3) is 0 Å². The van der Waals surface area contributed by atoms with Gasteiger partial charge in [0.1, 0.15) is 0 Å². The first-order valence-electron chi connectivity index (χ1n) is 4.58. The number of carboxylic acids is 1. The molecule has 7 heteroatoms. The van der Waals surface area contributed by atoms with Crippen molar-refractivity contribution in [2.45, 2.75) is 19.4 Å². The molecule has 2 heterocycles. The van der Waals surface area contributed by atoms with Crippen molar-refractivity contribution in [2.24, 2.45) is 0 Å². The molecule has 0 aromatic carbocycles. The summed E-state index contributed by atoms with van der Waals surface area (Å²) in [7, 11) is 0. The van der Waals surface area contributed by atoms with E-state index in [1.165, 1.54) is 16.0 Å². The van der Waals surface area contributed by atoms with Gasteiger partial charge >= 0.3 is 5.97 Å². The zero-order valence-corrected chi connectivity index (χ0v) is 9.60. The molecule has 1 N–H and O–H groups in total. The molecule has 6 nitrogen and oxygen atoms in total. The van der Waals surface area contributed by atoms with Crippen molar-refractivity contribution in [3.05, 3.63) is 16.8 Å². The Morgan fingerprint density at radius 2 is 2.31 bits per heavy atom. The summed E-state index contributed by atoms with van der Waals surface area (Å²) in [6, 6.07) is 1.85. The maximum absolute atomic E-state index is 11.1. The summed E-state index contributed by atoms with van der Waals surface area (Å²) in [6.45, 7) is 3.11. The minimum Gasteiger partial charge on any atom is -0.479 e. The Bertz CT molecular complexity index is 503. The zero-order chi connectivity index (χ0) is 11.8. The quantitative estimate of drug-likeness (QED) is 0.869. The SMILES string of the molecule is CC(C)(C(=O)O)n1nnnc1-c1ccsc1. The predicted molar refractivity (Wildman–Crippen MR) is 58.1 cm³/mol. The Kier molecular flexibility index (Phi) is 2.47. The van der Waals surface area contributed by atoms with Gasteiger partial charge in [0.05, 0.1) is 0 Å². The highest BCUT2D eigenvalue weighted by atomic mass is 32.1. The summed E-state index contributed by atoms with van der Waals surface area (Å²) < 4.78 is 1.32. The Hall–Kier alpha value is -1.76. The third kappa shape index (κ3) is 1.58. The lowest BCUT2D eigenvalue weighted by Gasteiger charge is -2.19. The van der Waals surface area contributed by atoms with Crippen LogP contribution in [0.15, 0.2) is 16.8 Å². The van der Waals surface area contributed by atoms with Gasteiger partial charge in [0, 0.05) is 10.9 Å². The highest BCUT2D eigenvalue weighted by molar-refractivity contribution is 7.08. The van der Waals surface area contributed by atoms with Crippen LogP contribution >= 0.6 is 11.3 Å². The Morgan fingerprint density at radius 3 is 2.88 bits per heavy atom. The molecule has 0 saturated carbocycles. The molecular weight excluding hydrogens is 228 g/mol. The van der Waals surface area contributed by atoms with Crippen LogP contribution in [0.4, 0.5) is 0 Å². The molecule has 0 aliphatic rings. The van der Waals surface area contributed by atoms with Crippen LogP contribution in [0.1, 0.15) is 13.8 Å². The minimum absolute atomic E-state index is 0.466. The molecule has 0 aliphatic carbocycles. The number of hydrogen-bond acceptors (Lipinski definition) is 5. The first-order valence-corrected chi connectivity index (χ1v) is 5.52. The van der Waals surface area contributed by atoms with Crippen LogP contribution in [0.3, 0.4) is 0 Å². The molecule has 0 saturated heterocycles. The molecule has 16 heavy (non-hydrogen) atoms. The number of aliphatic carboxylic acids is 1. The summed E-state index contributed by atoms with van der Waals surface area (Å²) in [4.78, 5) is 11.1. The zero-order valence-electron chi connectivity index (χ0n) is 8.78. The number of rotatable bonds is 3. The van der Waals surface area contributed by atoms with Crippen molar-refractivity contribution in [3.63, 3.8) is 0 Å². The fourth-order valence-corrected chi connectivity index (χ4v) is 1.86. The number of nitrogens with zero attached hydrogens (tertiary/aromatic N) is 4. The molecule has 0 radical (unpaired) electrons. The van der Waals surface area contributed by atoms with E-state index >= 15 is 0 Å². The summed E-state index contributed by atoms with van der Waals surface area (Å²) >= 11 is 1.51. The van der Waals surface area contributed by atoms with Gasteiger partial charge in [-0.25, -0.2) is 9.48 Å². The minimum atomic E-state index is -1.17. The second kappa shape index (κ2) is 3.67. The molecule has 0 aliphatic heterocycles. The van der Waals surface area contributed by atoms with Gasteiger partial charge < -0.3 is 5.11 Å². The third-order valence-corrected chi connectivity index (χ3v) is 2.99. The number of carbonyl (C=O) groups is 1. The van der Waals surface area contributed by atoms with Crippen molar-refractivity contribution in [2.75, 3.05) is 0 Å².